The third-order valence-electron chi connectivity index (χ3n) is 2.77. The molecule has 0 bridgehead atoms. The number of nitrogens with zero attached hydrogens (tertiary/aromatic N) is 2. The Bertz CT molecular complexity index is 609. The molecule has 0 aliphatic carbocycles. The van der Waals surface area contributed by atoms with Crippen LogP contribution in [0.2, 0.25) is 0 Å². The van der Waals surface area contributed by atoms with Gasteiger partial charge in [0, 0.05) is 19.7 Å². The minimum Gasteiger partial charge on any atom is -0.383 e. The Morgan fingerprint density at radius 1 is 1.45 bits per heavy atom. The van der Waals surface area contributed by atoms with Crippen LogP contribution in [0.5, 0.6) is 0 Å². The summed E-state index contributed by atoms with van der Waals surface area (Å²) in [5.74, 6) is -0.843. The average Bonchev–Trinajstić information content (AvgIpc) is 2.38. The number of hydrogen-bond donors (Lipinski definition) is 0. The first-order valence-corrected chi connectivity index (χ1v) is 7.49. The molecule has 1 aromatic carbocycles. The molecule has 1 aromatic rings. The van der Waals surface area contributed by atoms with Crippen LogP contribution in [-0.4, -0.2) is 39.0 Å². The maximum absolute atomic E-state index is 13.6. The van der Waals surface area contributed by atoms with Gasteiger partial charge in [0.15, 0.2) is 0 Å². The van der Waals surface area contributed by atoms with Crippen molar-refractivity contribution in [2.45, 2.75) is 24.8 Å². The molecule has 0 saturated carbocycles. The number of sulfonamides is 1. The Balaban J connectivity index is 3.34. The zero-order valence-corrected chi connectivity index (χ0v) is 12.4. The smallest absolute Gasteiger partial charge is 0.244 e. The van der Waals surface area contributed by atoms with Crippen LogP contribution in [0.25, 0.3) is 0 Å². The second-order valence-electron chi connectivity index (χ2n) is 4.43. The molecule has 0 N–H and O–H groups in total. The Labute approximate surface area is 118 Å². The van der Waals surface area contributed by atoms with Crippen molar-refractivity contribution >= 4 is 10.0 Å². The molecule has 0 aromatic heterocycles. The summed E-state index contributed by atoms with van der Waals surface area (Å²) in [6.45, 7) is 3.77. The van der Waals surface area contributed by atoms with E-state index in [1.807, 2.05) is 0 Å². The highest BCUT2D eigenvalue weighted by Gasteiger charge is 2.30. The fraction of sp³-hybridized carbons (Fsp3) is 0.462. The van der Waals surface area contributed by atoms with Gasteiger partial charge < -0.3 is 4.74 Å². The zero-order valence-electron chi connectivity index (χ0n) is 11.6. The van der Waals surface area contributed by atoms with E-state index in [1.54, 1.807) is 19.9 Å². The molecule has 0 atom stereocenters. The molecule has 0 unspecified atom stereocenters. The van der Waals surface area contributed by atoms with E-state index in [1.165, 1.54) is 23.5 Å². The summed E-state index contributed by atoms with van der Waals surface area (Å²) in [4.78, 5) is -0.315. The Kier molecular flexibility index (Phi) is 5.62. The van der Waals surface area contributed by atoms with Gasteiger partial charge in [-0.05, 0) is 26.0 Å². The maximum atomic E-state index is 13.6. The van der Waals surface area contributed by atoms with Gasteiger partial charge in [0.05, 0.1) is 6.61 Å². The molecule has 0 saturated heterocycles. The quantitative estimate of drug-likeness (QED) is 0.802. The van der Waals surface area contributed by atoms with Gasteiger partial charge in [-0.15, -0.1) is 0 Å². The second kappa shape index (κ2) is 6.79. The largest absolute Gasteiger partial charge is 0.383 e. The summed E-state index contributed by atoms with van der Waals surface area (Å²) in [5, 5.41) is 8.96. The van der Waals surface area contributed by atoms with Gasteiger partial charge >= 0.3 is 0 Å². The lowest BCUT2D eigenvalue weighted by molar-refractivity contribution is 0.171. The maximum Gasteiger partial charge on any atom is 0.244 e. The van der Waals surface area contributed by atoms with Gasteiger partial charge in [-0.25, -0.2) is 12.8 Å². The number of rotatable bonds is 6. The summed E-state index contributed by atoms with van der Waals surface area (Å²) in [5.41, 5.74) is -0.462. The highest BCUT2D eigenvalue weighted by Crippen LogP contribution is 2.23. The van der Waals surface area contributed by atoms with Gasteiger partial charge in [-0.3, -0.25) is 0 Å². The molecule has 110 valence electrons. The van der Waals surface area contributed by atoms with Crippen molar-refractivity contribution in [2.24, 2.45) is 0 Å². The number of benzene rings is 1. The standard InChI is InChI=1S/C13H17FN2O3S/c1-10(2)16(7-8-19-3)20(17,18)13-6-4-5-12(14)11(13)9-15/h4-6,10H,7-8H2,1-3H3. The Morgan fingerprint density at radius 2 is 2.10 bits per heavy atom. The molecule has 0 amide bonds. The van der Waals surface area contributed by atoms with Crippen molar-refractivity contribution in [3.05, 3.63) is 29.6 Å². The summed E-state index contributed by atoms with van der Waals surface area (Å²) in [6, 6.07) is 4.85. The van der Waals surface area contributed by atoms with Crippen LogP contribution in [0.3, 0.4) is 0 Å². The van der Waals surface area contributed by atoms with Gasteiger partial charge in [-0.2, -0.15) is 9.57 Å². The topological polar surface area (TPSA) is 70.4 Å². The Hall–Kier alpha value is -1.49. The summed E-state index contributed by atoms with van der Waals surface area (Å²) < 4.78 is 44.8. The van der Waals surface area contributed by atoms with E-state index >= 15 is 0 Å². The molecule has 0 heterocycles. The van der Waals surface area contributed by atoms with E-state index in [4.69, 9.17) is 10.00 Å². The van der Waals surface area contributed by atoms with E-state index in [-0.39, 0.29) is 24.1 Å². The monoisotopic (exact) mass is 300 g/mol. The molecule has 7 heteroatoms. The fourth-order valence-electron chi connectivity index (χ4n) is 1.79. The van der Waals surface area contributed by atoms with Crippen molar-refractivity contribution in [3.63, 3.8) is 0 Å². The molecule has 0 fully saturated rings. The van der Waals surface area contributed by atoms with Gasteiger partial charge in [0.2, 0.25) is 10.0 Å². The van der Waals surface area contributed by atoms with E-state index in [2.05, 4.69) is 0 Å². The average molecular weight is 300 g/mol. The van der Waals surface area contributed by atoms with Gasteiger partial charge in [0.25, 0.3) is 0 Å². The normalized spacial score (nSPS) is 11.8. The van der Waals surface area contributed by atoms with Crippen LogP contribution < -0.4 is 0 Å². The third-order valence-corrected chi connectivity index (χ3v) is 4.88. The fourth-order valence-corrected chi connectivity index (χ4v) is 3.57. The molecular formula is C13H17FN2O3S. The van der Waals surface area contributed by atoms with Gasteiger partial charge in [-0.1, -0.05) is 6.07 Å². The minimum atomic E-state index is -3.95. The number of nitriles is 1. The number of hydrogen-bond acceptors (Lipinski definition) is 4. The van der Waals surface area contributed by atoms with Crippen LogP contribution in [0.4, 0.5) is 4.39 Å². The molecule has 0 radical (unpaired) electrons. The highest BCUT2D eigenvalue weighted by atomic mass is 32.2. The molecule has 0 aliphatic rings. The third kappa shape index (κ3) is 3.33. The predicted octanol–water partition coefficient (Wildman–Crippen LogP) is 1.74. The van der Waals surface area contributed by atoms with E-state index < -0.39 is 21.4 Å². The molecule has 0 spiro atoms. The lowest BCUT2D eigenvalue weighted by atomic mass is 10.2. The van der Waals surface area contributed by atoms with Gasteiger partial charge in [0.1, 0.15) is 22.3 Å². The summed E-state index contributed by atoms with van der Waals surface area (Å²) >= 11 is 0. The van der Waals surface area contributed by atoms with Crippen molar-refractivity contribution in [2.75, 3.05) is 20.3 Å². The number of halogens is 1. The minimum absolute atomic E-state index is 0.137. The lowest BCUT2D eigenvalue weighted by Crippen LogP contribution is -2.39. The second-order valence-corrected chi connectivity index (χ2v) is 6.29. The Morgan fingerprint density at radius 3 is 2.60 bits per heavy atom. The van der Waals surface area contributed by atoms with Crippen molar-refractivity contribution in [1.29, 1.82) is 5.26 Å². The SMILES string of the molecule is COCCN(C(C)C)S(=O)(=O)c1cccc(F)c1C#N. The summed E-state index contributed by atoms with van der Waals surface area (Å²) in [7, 11) is -2.48. The van der Waals surface area contributed by atoms with E-state index in [0.717, 1.165) is 6.07 Å². The van der Waals surface area contributed by atoms with Crippen LogP contribution in [0.15, 0.2) is 23.1 Å². The zero-order chi connectivity index (χ0) is 15.3. The number of ether oxygens (including phenoxy) is 1. The first-order chi connectivity index (χ1) is 9.36. The predicted molar refractivity (Wildman–Crippen MR) is 72.0 cm³/mol. The first-order valence-electron chi connectivity index (χ1n) is 6.05. The molecule has 20 heavy (non-hydrogen) atoms. The summed E-state index contributed by atoms with van der Waals surface area (Å²) in [6.07, 6.45) is 0. The number of methoxy groups -OCH3 is 1. The van der Waals surface area contributed by atoms with Crippen molar-refractivity contribution in [3.8, 4) is 6.07 Å². The van der Waals surface area contributed by atoms with Crippen LogP contribution in [-0.2, 0) is 14.8 Å². The first kappa shape index (κ1) is 16.6. The lowest BCUT2D eigenvalue weighted by Gasteiger charge is -2.26. The molecular weight excluding hydrogens is 283 g/mol. The molecule has 1 rings (SSSR count). The van der Waals surface area contributed by atoms with E-state index in [0.29, 0.717) is 0 Å². The molecule has 5 nitrogen and oxygen atoms in total. The van der Waals surface area contributed by atoms with Crippen LogP contribution >= 0.6 is 0 Å². The van der Waals surface area contributed by atoms with Crippen molar-refractivity contribution in [1.82, 2.24) is 4.31 Å². The molecule has 0 aliphatic heterocycles. The van der Waals surface area contributed by atoms with Crippen LogP contribution in [0.1, 0.15) is 19.4 Å². The van der Waals surface area contributed by atoms with Crippen LogP contribution in [0, 0.1) is 17.1 Å². The van der Waals surface area contributed by atoms with Crippen molar-refractivity contribution < 1.29 is 17.5 Å². The highest BCUT2D eigenvalue weighted by molar-refractivity contribution is 7.89. The van der Waals surface area contributed by atoms with E-state index in [9.17, 15) is 12.8 Å².